The van der Waals surface area contributed by atoms with Crippen molar-refractivity contribution >= 4 is 0 Å². The summed E-state index contributed by atoms with van der Waals surface area (Å²) in [5, 5.41) is 3.36. The molecule has 1 aromatic rings. The molecule has 1 heterocycles. The van der Waals surface area contributed by atoms with Gasteiger partial charge >= 0.3 is 0 Å². The van der Waals surface area contributed by atoms with Crippen LogP contribution in [0.4, 0.5) is 0 Å². The molecule has 2 fully saturated rings. The summed E-state index contributed by atoms with van der Waals surface area (Å²) in [5.41, 5.74) is 0.191. The number of hydrogen-bond donors (Lipinski definition) is 1. The van der Waals surface area contributed by atoms with Crippen molar-refractivity contribution in [2.24, 2.45) is 5.92 Å². The van der Waals surface area contributed by atoms with E-state index in [-0.39, 0.29) is 5.54 Å². The summed E-state index contributed by atoms with van der Waals surface area (Å²) in [6.45, 7) is 2.29. The van der Waals surface area contributed by atoms with Crippen molar-refractivity contribution in [1.82, 2.24) is 5.32 Å². The lowest BCUT2D eigenvalue weighted by Crippen LogP contribution is -2.23. The Labute approximate surface area is 84.7 Å². The Balaban J connectivity index is 1.84. The van der Waals surface area contributed by atoms with Crippen LogP contribution in [0.15, 0.2) is 16.5 Å². The van der Waals surface area contributed by atoms with Gasteiger partial charge in [0.1, 0.15) is 11.5 Å². The van der Waals surface area contributed by atoms with E-state index in [1.165, 1.54) is 25.0 Å². The van der Waals surface area contributed by atoms with E-state index >= 15 is 0 Å². The highest BCUT2D eigenvalue weighted by Crippen LogP contribution is 2.51. The average Bonchev–Trinajstić information content (AvgIpc) is 3.08. The van der Waals surface area contributed by atoms with Gasteiger partial charge < -0.3 is 9.73 Å². The fourth-order valence-corrected chi connectivity index (χ4v) is 2.27. The maximum atomic E-state index is 5.93. The standard InChI is InChI=1S/C12H17NO/c1-8-7-9(8)10-3-4-11(14-10)12(13-2)5-6-12/h3-4,8-9,13H,5-7H2,1-2H3. The van der Waals surface area contributed by atoms with Gasteiger partial charge in [-0.25, -0.2) is 0 Å². The molecule has 2 saturated carbocycles. The minimum Gasteiger partial charge on any atom is -0.464 e. The molecule has 76 valence electrons. The SMILES string of the molecule is CNC1(c2ccc(C3CC3C)o2)CC1. The third-order valence-corrected chi connectivity index (χ3v) is 3.80. The molecule has 1 N–H and O–H groups in total. The number of furan rings is 1. The molecule has 0 saturated heterocycles. The van der Waals surface area contributed by atoms with Crippen molar-refractivity contribution in [2.75, 3.05) is 7.05 Å². The van der Waals surface area contributed by atoms with E-state index in [0.29, 0.717) is 5.92 Å². The van der Waals surface area contributed by atoms with E-state index < -0.39 is 0 Å². The Morgan fingerprint density at radius 1 is 1.43 bits per heavy atom. The van der Waals surface area contributed by atoms with Gasteiger partial charge in [0.2, 0.25) is 0 Å². The van der Waals surface area contributed by atoms with Crippen molar-refractivity contribution in [3.05, 3.63) is 23.7 Å². The highest BCUT2D eigenvalue weighted by molar-refractivity contribution is 5.25. The topological polar surface area (TPSA) is 25.2 Å². The highest BCUT2D eigenvalue weighted by Gasteiger charge is 2.46. The van der Waals surface area contributed by atoms with Gasteiger partial charge in [-0.3, -0.25) is 0 Å². The lowest BCUT2D eigenvalue weighted by atomic mass is 10.2. The van der Waals surface area contributed by atoms with Gasteiger partial charge in [-0.05, 0) is 44.4 Å². The lowest BCUT2D eigenvalue weighted by molar-refractivity contribution is 0.392. The molecule has 1 aromatic heterocycles. The van der Waals surface area contributed by atoms with Gasteiger partial charge in [-0.15, -0.1) is 0 Å². The first kappa shape index (κ1) is 8.54. The van der Waals surface area contributed by atoms with Crippen LogP contribution in [0.1, 0.15) is 43.6 Å². The smallest absolute Gasteiger partial charge is 0.124 e. The summed E-state index contributed by atoms with van der Waals surface area (Å²) in [6, 6.07) is 4.32. The molecule has 2 atom stereocenters. The van der Waals surface area contributed by atoms with Crippen LogP contribution < -0.4 is 5.32 Å². The van der Waals surface area contributed by atoms with Gasteiger partial charge in [-0.1, -0.05) is 6.92 Å². The molecule has 0 radical (unpaired) electrons. The molecular weight excluding hydrogens is 174 g/mol. The van der Waals surface area contributed by atoms with E-state index in [0.717, 1.165) is 11.7 Å². The number of nitrogens with one attached hydrogen (secondary N) is 1. The van der Waals surface area contributed by atoms with Crippen molar-refractivity contribution in [1.29, 1.82) is 0 Å². The normalized spacial score (nSPS) is 33.0. The predicted octanol–water partition coefficient (Wildman–Crippen LogP) is 2.61. The van der Waals surface area contributed by atoms with E-state index in [1.807, 2.05) is 7.05 Å². The maximum Gasteiger partial charge on any atom is 0.124 e. The molecule has 14 heavy (non-hydrogen) atoms. The van der Waals surface area contributed by atoms with Crippen LogP contribution in [-0.2, 0) is 5.54 Å². The third kappa shape index (κ3) is 1.13. The zero-order valence-electron chi connectivity index (χ0n) is 8.84. The molecule has 3 rings (SSSR count). The molecule has 2 heteroatoms. The maximum absolute atomic E-state index is 5.93. The monoisotopic (exact) mass is 191 g/mol. The van der Waals surface area contributed by atoms with Crippen LogP contribution in [0.5, 0.6) is 0 Å². The molecule has 0 spiro atoms. The molecular formula is C12H17NO. The highest BCUT2D eigenvalue weighted by atomic mass is 16.3. The van der Waals surface area contributed by atoms with E-state index in [4.69, 9.17) is 4.42 Å². The first-order valence-electron chi connectivity index (χ1n) is 5.54. The third-order valence-electron chi connectivity index (χ3n) is 3.80. The van der Waals surface area contributed by atoms with Gasteiger partial charge in [0.05, 0.1) is 5.54 Å². The molecule has 0 aliphatic heterocycles. The molecule has 2 unspecified atom stereocenters. The Morgan fingerprint density at radius 3 is 2.64 bits per heavy atom. The first-order chi connectivity index (χ1) is 6.75. The molecule has 0 aromatic carbocycles. The second-order valence-corrected chi connectivity index (χ2v) is 4.85. The molecule has 2 aliphatic rings. The van der Waals surface area contributed by atoms with Crippen LogP contribution in [0.3, 0.4) is 0 Å². The Kier molecular flexibility index (Phi) is 1.61. The van der Waals surface area contributed by atoms with E-state index in [1.54, 1.807) is 0 Å². The van der Waals surface area contributed by atoms with Crippen LogP contribution in [0.2, 0.25) is 0 Å². The summed E-state index contributed by atoms with van der Waals surface area (Å²) >= 11 is 0. The van der Waals surface area contributed by atoms with Crippen molar-refractivity contribution in [3.8, 4) is 0 Å². The zero-order chi connectivity index (χ0) is 9.76. The second kappa shape index (κ2) is 2.63. The van der Waals surface area contributed by atoms with Crippen molar-refractivity contribution in [2.45, 2.75) is 37.6 Å². The average molecular weight is 191 g/mol. The zero-order valence-corrected chi connectivity index (χ0v) is 8.84. The fourth-order valence-electron chi connectivity index (χ4n) is 2.27. The Hall–Kier alpha value is -0.760. The van der Waals surface area contributed by atoms with Gasteiger partial charge in [0.25, 0.3) is 0 Å². The molecule has 0 bridgehead atoms. The molecule has 0 amide bonds. The van der Waals surface area contributed by atoms with Crippen molar-refractivity contribution in [3.63, 3.8) is 0 Å². The lowest BCUT2D eigenvalue weighted by Gasteiger charge is -2.09. The van der Waals surface area contributed by atoms with Gasteiger partial charge in [0, 0.05) is 5.92 Å². The largest absolute Gasteiger partial charge is 0.464 e. The second-order valence-electron chi connectivity index (χ2n) is 4.85. The van der Waals surface area contributed by atoms with Crippen LogP contribution >= 0.6 is 0 Å². The summed E-state index contributed by atoms with van der Waals surface area (Å²) in [6.07, 6.45) is 3.74. The van der Waals surface area contributed by atoms with Crippen LogP contribution in [0, 0.1) is 5.92 Å². The molecule has 2 aliphatic carbocycles. The summed E-state index contributed by atoms with van der Waals surface area (Å²) in [5.74, 6) is 3.89. The predicted molar refractivity (Wildman–Crippen MR) is 55.2 cm³/mol. The van der Waals surface area contributed by atoms with Crippen molar-refractivity contribution < 1.29 is 4.42 Å². The number of hydrogen-bond acceptors (Lipinski definition) is 2. The minimum atomic E-state index is 0.191. The minimum absolute atomic E-state index is 0.191. The summed E-state index contributed by atoms with van der Waals surface area (Å²) in [4.78, 5) is 0. The van der Waals surface area contributed by atoms with E-state index in [9.17, 15) is 0 Å². The Bertz CT molecular complexity index is 351. The number of rotatable bonds is 3. The van der Waals surface area contributed by atoms with Gasteiger partial charge in [0.15, 0.2) is 0 Å². The molecule has 2 nitrogen and oxygen atoms in total. The Morgan fingerprint density at radius 2 is 2.14 bits per heavy atom. The quantitative estimate of drug-likeness (QED) is 0.794. The van der Waals surface area contributed by atoms with Crippen LogP contribution in [0.25, 0.3) is 0 Å². The van der Waals surface area contributed by atoms with Gasteiger partial charge in [-0.2, -0.15) is 0 Å². The fraction of sp³-hybridized carbons (Fsp3) is 0.667. The van der Waals surface area contributed by atoms with E-state index in [2.05, 4.69) is 24.4 Å². The van der Waals surface area contributed by atoms with Crippen LogP contribution in [-0.4, -0.2) is 7.05 Å². The summed E-state index contributed by atoms with van der Waals surface area (Å²) < 4.78 is 5.93. The summed E-state index contributed by atoms with van der Waals surface area (Å²) in [7, 11) is 2.02. The first-order valence-corrected chi connectivity index (χ1v) is 5.54.